The van der Waals surface area contributed by atoms with E-state index in [4.69, 9.17) is 4.74 Å². The molecule has 0 radical (unpaired) electrons. The molecule has 2 rings (SSSR count). The second-order valence-corrected chi connectivity index (χ2v) is 13.8. The number of carbonyl (C=O) groups is 4. The highest BCUT2D eigenvalue weighted by Gasteiger charge is 2.38. The number of nitrogens with one attached hydrogen (secondary N) is 4. The molecule has 0 saturated carbocycles. The van der Waals surface area contributed by atoms with Crippen molar-refractivity contribution in [3.63, 3.8) is 0 Å². The third-order valence-electron chi connectivity index (χ3n) is 7.76. The molecule has 5 atom stereocenters. The van der Waals surface area contributed by atoms with Crippen molar-refractivity contribution in [2.75, 3.05) is 33.0 Å². The van der Waals surface area contributed by atoms with Gasteiger partial charge in [0.2, 0.25) is 11.7 Å². The first-order valence-corrected chi connectivity index (χ1v) is 15.8. The summed E-state index contributed by atoms with van der Waals surface area (Å²) in [6, 6.07) is 2.25. The van der Waals surface area contributed by atoms with Crippen LogP contribution < -0.4 is 21.3 Å². The summed E-state index contributed by atoms with van der Waals surface area (Å²) < 4.78 is 6.12. The van der Waals surface area contributed by atoms with E-state index in [0.717, 1.165) is 0 Å². The van der Waals surface area contributed by atoms with Gasteiger partial charge in [-0.15, -0.1) is 17.9 Å². The van der Waals surface area contributed by atoms with Crippen LogP contribution in [0.1, 0.15) is 64.6 Å². The Kier molecular flexibility index (Phi) is 14.6. The molecule has 1 unspecified atom stereocenters. The van der Waals surface area contributed by atoms with Gasteiger partial charge < -0.3 is 20.5 Å². The summed E-state index contributed by atoms with van der Waals surface area (Å²) in [5, 5.41) is 24.0. The van der Waals surface area contributed by atoms with Gasteiger partial charge in [0.25, 0.3) is 5.91 Å². The zero-order valence-corrected chi connectivity index (χ0v) is 27.5. The van der Waals surface area contributed by atoms with Crippen LogP contribution in [0.2, 0.25) is 0 Å². The number of aliphatic hydroxyl groups is 1. The average Bonchev–Trinajstić information content (AvgIpc) is 3.62. The first-order chi connectivity index (χ1) is 20.1. The number of ketones is 2. The van der Waals surface area contributed by atoms with E-state index < -0.39 is 30.1 Å². The number of aliphatic hydroxyl groups excluding tert-OH is 1. The van der Waals surface area contributed by atoms with Gasteiger partial charge in [-0.05, 0) is 41.0 Å². The van der Waals surface area contributed by atoms with Crippen molar-refractivity contribution >= 4 is 34.7 Å². The van der Waals surface area contributed by atoms with E-state index in [-0.39, 0.29) is 61.4 Å². The molecule has 43 heavy (non-hydrogen) atoms. The molecule has 1 fully saturated rings. The first-order valence-electron chi connectivity index (χ1n) is 14.9. The average molecular weight is 622 g/mol. The Hall–Kier alpha value is -2.48. The zero-order chi connectivity index (χ0) is 32.3. The van der Waals surface area contributed by atoms with Gasteiger partial charge in [-0.25, -0.2) is 0 Å². The van der Waals surface area contributed by atoms with Gasteiger partial charge in [0.1, 0.15) is 0 Å². The molecule has 1 aromatic heterocycles. The lowest BCUT2D eigenvalue weighted by Crippen LogP contribution is -2.58. The highest BCUT2D eigenvalue weighted by Crippen LogP contribution is 2.29. The number of ether oxygens (including phenoxy) is 1. The van der Waals surface area contributed by atoms with Crippen LogP contribution in [0.4, 0.5) is 0 Å². The quantitative estimate of drug-likeness (QED) is 0.0719. The van der Waals surface area contributed by atoms with Gasteiger partial charge in [-0.2, -0.15) is 0 Å². The fourth-order valence-corrected chi connectivity index (χ4v) is 5.56. The van der Waals surface area contributed by atoms with Crippen LogP contribution in [0.15, 0.2) is 30.2 Å². The van der Waals surface area contributed by atoms with Crippen LogP contribution in [0.3, 0.4) is 0 Å². The van der Waals surface area contributed by atoms with Crippen LogP contribution in [0.5, 0.6) is 0 Å². The molecule has 1 aliphatic heterocycles. The highest BCUT2D eigenvalue weighted by molar-refractivity contribution is 7.12. The number of nitrogens with zero attached hydrogens (tertiary/aromatic N) is 1. The molecule has 11 nitrogen and oxygen atoms in total. The van der Waals surface area contributed by atoms with Crippen molar-refractivity contribution < 1.29 is 29.0 Å². The minimum atomic E-state index is -1.15. The number of thiophene rings is 1. The van der Waals surface area contributed by atoms with Crippen LogP contribution in [0, 0.1) is 23.2 Å². The maximum Gasteiger partial charge on any atom is 0.289 e. The minimum Gasteiger partial charge on any atom is -0.365 e. The summed E-state index contributed by atoms with van der Waals surface area (Å²) in [5.74, 6) is -1.30. The molecule has 0 aliphatic carbocycles. The topological polar surface area (TPSA) is 149 Å². The lowest BCUT2D eigenvalue weighted by molar-refractivity contribution is -0.138. The molecule has 242 valence electrons. The number of likely N-dealkylation sites (tertiary alicyclic amines) is 1. The zero-order valence-electron chi connectivity index (χ0n) is 26.6. The Balaban J connectivity index is 1.99. The monoisotopic (exact) mass is 621 g/mol. The molecule has 2 heterocycles. The summed E-state index contributed by atoms with van der Waals surface area (Å²) in [7, 11) is 0. The summed E-state index contributed by atoms with van der Waals surface area (Å²) in [5.41, 5.74) is -0.303. The van der Waals surface area contributed by atoms with Crippen molar-refractivity contribution in [1.82, 2.24) is 26.2 Å². The van der Waals surface area contributed by atoms with E-state index in [1.807, 2.05) is 51.0 Å². The van der Waals surface area contributed by atoms with Crippen molar-refractivity contribution in [2.45, 2.75) is 79.4 Å². The molecule has 1 aromatic rings. The normalized spacial score (nSPS) is 19.7. The fourth-order valence-electron chi connectivity index (χ4n) is 4.85. The third-order valence-corrected chi connectivity index (χ3v) is 8.65. The molecule has 1 aliphatic rings. The maximum absolute atomic E-state index is 13.1. The van der Waals surface area contributed by atoms with Crippen molar-refractivity contribution in [1.29, 1.82) is 0 Å². The Morgan fingerprint density at radius 1 is 1.16 bits per heavy atom. The van der Waals surface area contributed by atoms with Crippen molar-refractivity contribution in [3.05, 3.63) is 35.0 Å². The van der Waals surface area contributed by atoms with E-state index in [0.29, 0.717) is 23.8 Å². The number of Topliss-reactive ketones (excluding diaryl/α,β-unsaturated/α-hetero) is 2. The van der Waals surface area contributed by atoms with Crippen LogP contribution >= 0.6 is 11.3 Å². The molecule has 5 N–H and O–H groups in total. The van der Waals surface area contributed by atoms with Crippen LogP contribution in [-0.2, 0) is 19.1 Å². The number of hydrogen-bond acceptors (Lipinski definition) is 10. The number of hydrogen-bond donors (Lipinski definition) is 5. The van der Waals surface area contributed by atoms with Crippen LogP contribution in [0.25, 0.3) is 0 Å². The van der Waals surface area contributed by atoms with Gasteiger partial charge >= 0.3 is 0 Å². The Labute approximate surface area is 260 Å². The maximum atomic E-state index is 13.1. The van der Waals surface area contributed by atoms with Crippen molar-refractivity contribution in [3.8, 4) is 0 Å². The molecular weight excluding hydrogens is 570 g/mol. The third kappa shape index (κ3) is 11.5. The standard InChI is InChI=1S/C31H51N5O6S/c1-9-12-32-29(40)23(37)15-33-28(39)22-14-21(19(2)3)16-36(22)18-42-17-25(31(6,7)8)34-30(41)35-26(20(4)5)27(38)24-11-10-13-43-24/h9-11,13,19-22,25-26,30,34-35,41H,1,12,14-18H2,2-8H3,(H,32,40)(H,33,39)/t21-,22+,25-,26+,30?/m1/s1. The van der Waals surface area contributed by atoms with Crippen molar-refractivity contribution in [2.24, 2.45) is 23.2 Å². The van der Waals surface area contributed by atoms with Crippen LogP contribution in [-0.4, -0.2) is 90.8 Å². The van der Waals surface area contributed by atoms with Gasteiger partial charge in [0.15, 0.2) is 12.1 Å². The predicted octanol–water partition coefficient (Wildman–Crippen LogP) is 2.13. The largest absolute Gasteiger partial charge is 0.365 e. The van der Waals surface area contributed by atoms with E-state index in [9.17, 15) is 24.3 Å². The molecule has 2 amide bonds. The molecular formula is C31H51N5O6S. The summed E-state index contributed by atoms with van der Waals surface area (Å²) >= 11 is 1.37. The SMILES string of the molecule is C=CCNC(=O)C(=O)CNC(=O)[C@@H]1C[C@@H](C(C)C)CN1COC[C@@H](NC(O)N[C@H](C(=O)c1cccs1)C(C)C)C(C)(C)C. The van der Waals surface area contributed by atoms with Gasteiger partial charge in [0, 0.05) is 19.1 Å². The minimum absolute atomic E-state index is 0.0423. The lowest BCUT2D eigenvalue weighted by atomic mass is 9.87. The Morgan fingerprint density at radius 2 is 1.86 bits per heavy atom. The van der Waals surface area contributed by atoms with Gasteiger partial charge in [-0.3, -0.25) is 34.7 Å². The van der Waals surface area contributed by atoms with Gasteiger partial charge in [0.05, 0.1) is 36.8 Å². The fraction of sp³-hybridized carbons (Fsp3) is 0.677. The smallest absolute Gasteiger partial charge is 0.289 e. The predicted molar refractivity (Wildman–Crippen MR) is 168 cm³/mol. The molecule has 0 aromatic carbocycles. The van der Waals surface area contributed by atoms with E-state index in [1.54, 1.807) is 6.07 Å². The lowest BCUT2D eigenvalue weighted by Gasteiger charge is -2.35. The number of rotatable bonds is 18. The molecule has 12 heteroatoms. The Morgan fingerprint density at radius 3 is 2.42 bits per heavy atom. The highest BCUT2D eigenvalue weighted by atomic mass is 32.1. The summed E-state index contributed by atoms with van der Waals surface area (Å²) in [6.45, 7) is 18.5. The number of amides is 2. The van der Waals surface area contributed by atoms with E-state index in [2.05, 4.69) is 41.7 Å². The second-order valence-electron chi connectivity index (χ2n) is 12.9. The number of carbonyl (C=O) groups excluding carboxylic acids is 4. The molecule has 1 saturated heterocycles. The Bertz CT molecular complexity index is 1070. The second kappa shape index (κ2) is 17.1. The summed E-state index contributed by atoms with van der Waals surface area (Å²) in [4.78, 5) is 52.6. The van der Waals surface area contributed by atoms with E-state index >= 15 is 0 Å². The van der Waals surface area contributed by atoms with Gasteiger partial charge in [-0.1, -0.05) is 60.6 Å². The first kappa shape index (κ1) is 36.7. The van der Waals surface area contributed by atoms with E-state index in [1.165, 1.54) is 17.4 Å². The molecule has 0 spiro atoms. The summed E-state index contributed by atoms with van der Waals surface area (Å²) in [6.07, 6.45) is 0.933. The molecule has 0 bridgehead atoms.